The Kier molecular flexibility index (Phi) is 3.99. The van der Waals surface area contributed by atoms with Crippen molar-refractivity contribution >= 4 is 17.4 Å². The summed E-state index contributed by atoms with van der Waals surface area (Å²) in [4.78, 5) is 15.0. The molecule has 2 aliphatic rings. The zero-order valence-corrected chi connectivity index (χ0v) is 12.6. The van der Waals surface area contributed by atoms with E-state index in [0.717, 1.165) is 37.4 Å². The van der Waals surface area contributed by atoms with Crippen LogP contribution in [0.3, 0.4) is 0 Å². The average molecular weight is 294 g/mol. The first-order chi connectivity index (χ1) is 9.70. The number of fused-ring (bicyclic) bond motifs is 1. The molecule has 0 saturated carbocycles. The minimum Gasteiger partial charge on any atom is -0.496 e. The predicted molar refractivity (Wildman–Crippen MR) is 79.8 cm³/mol. The number of ketones is 1. The topological polar surface area (TPSA) is 29.5 Å². The first kappa shape index (κ1) is 13.9. The molecule has 0 amide bonds. The van der Waals surface area contributed by atoms with Gasteiger partial charge in [0.15, 0.2) is 5.78 Å². The molecule has 0 N–H and O–H groups in total. The van der Waals surface area contributed by atoms with Gasteiger partial charge < -0.3 is 9.64 Å². The fraction of sp³-hybridized carbons (Fsp3) is 0.562. The van der Waals surface area contributed by atoms with E-state index in [1.54, 1.807) is 13.2 Å². The summed E-state index contributed by atoms with van der Waals surface area (Å²) in [5.41, 5.74) is 1.68. The van der Waals surface area contributed by atoms with Crippen LogP contribution in [0.15, 0.2) is 12.1 Å². The van der Waals surface area contributed by atoms with E-state index < -0.39 is 0 Å². The smallest absolute Gasteiger partial charge is 0.169 e. The van der Waals surface area contributed by atoms with E-state index in [2.05, 4.69) is 4.90 Å². The second-order valence-electron chi connectivity index (χ2n) is 5.73. The number of methoxy groups -OCH3 is 1. The van der Waals surface area contributed by atoms with Crippen LogP contribution in [0.1, 0.15) is 35.2 Å². The predicted octanol–water partition coefficient (Wildman–Crippen LogP) is 3.19. The maximum atomic E-state index is 12.6. The standard InChI is InChI=1S/C16H20ClNO2/c1-20-14-6-5-13(17)15-12(14)9-11(16(15)19)10-18-7-3-2-4-8-18/h5-6,11H,2-4,7-10H2,1H3. The van der Waals surface area contributed by atoms with Crippen molar-refractivity contribution < 1.29 is 9.53 Å². The molecule has 0 spiro atoms. The zero-order chi connectivity index (χ0) is 14.1. The number of piperidine rings is 1. The molecule has 3 nitrogen and oxygen atoms in total. The van der Waals surface area contributed by atoms with Crippen LogP contribution in [-0.2, 0) is 6.42 Å². The van der Waals surface area contributed by atoms with Crippen LogP contribution in [0.2, 0.25) is 5.02 Å². The first-order valence-corrected chi connectivity index (χ1v) is 7.70. The Balaban J connectivity index is 1.81. The van der Waals surface area contributed by atoms with Crippen LogP contribution in [0.5, 0.6) is 5.75 Å². The third-order valence-electron chi connectivity index (χ3n) is 4.43. The van der Waals surface area contributed by atoms with E-state index in [1.165, 1.54) is 19.3 Å². The third-order valence-corrected chi connectivity index (χ3v) is 4.75. The first-order valence-electron chi connectivity index (χ1n) is 7.32. The summed E-state index contributed by atoms with van der Waals surface area (Å²) in [5, 5.41) is 0.562. The largest absolute Gasteiger partial charge is 0.496 e. The lowest BCUT2D eigenvalue weighted by atomic mass is 10.0. The van der Waals surface area contributed by atoms with Gasteiger partial charge in [0, 0.05) is 23.6 Å². The SMILES string of the molecule is COc1ccc(Cl)c2c1CC(CN1CCCCC1)C2=O. The number of hydrogen-bond acceptors (Lipinski definition) is 3. The summed E-state index contributed by atoms with van der Waals surface area (Å²) in [7, 11) is 1.64. The van der Waals surface area contributed by atoms with Crippen molar-refractivity contribution in [1.82, 2.24) is 4.90 Å². The maximum absolute atomic E-state index is 12.6. The Bertz CT molecular complexity index is 523. The molecular formula is C16H20ClNO2. The number of nitrogens with zero attached hydrogens (tertiary/aromatic N) is 1. The molecule has 4 heteroatoms. The molecular weight excluding hydrogens is 274 g/mol. The molecule has 1 saturated heterocycles. The van der Waals surface area contributed by atoms with Gasteiger partial charge in [-0.15, -0.1) is 0 Å². The highest BCUT2D eigenvalue weighted by molar-refractivity contribution is 6.34. The monoisotopic (exact) mass is 293 g/mol. The minimum atomic E-state index is 0.0388. The van der Waals surface area contributed by atoms with Crippen molar-refractivity contribution in [3.8, 4) is 5.75 Å². The van der Waals surface area contributed by atoms with E-state index in [1.807, 2.05) is 6.07 Å². The van der Waals surface area contributed by atoms with Gasteiger partial charge in [0.25, 0.3) is 0 Å². The normalized spacial score (nSPS) is 22.9. The molecule has 3 rings (SSSR count). The number of hydrogen-bond donors (Lipinski definition) is 0. The zero-order valence-electron chi connectivity index (χ0n) is 11.8. The molecule has 1 aliphatic heterocycles. The van der Waals surface area contributed by atoms with E-state index in [0.29, 0.717) is 10.6 Å². The van der Waals surface area contributed by atoms with Gasteiger partial charge in [0.2, 0.25) is 0 Å². The van der Waals surface area contributed by atoms with Gasteiger partial charge in [-0.3, -0.25) is 4.79 Å². The van der Waals surface area contributed by atoms with Gasteiger partial charge in [-0.1, -0.05) is 18.0 Å². The van der Waals surface area contributed by atoms with Gasteiger partial charge in [-0.25, -0.2) is 0 Å². The van der Waals surface area contributed by atoms with Crippen molar-refractivity contribution in [3.63, 3.8) is 0 Å². The highest BCUT2D eigenvalue weighted by Gasteiger charge is 2.35. The quantitative estimate of drug-likeness (QED) is 0.857. The maximum Gasteiger partial charge on any atom is 0.169 e. The molecule has 1 aromatic carbocycles. The van der Waals surface area contributed by atoms with Gasteiger partial charge in [0.1, 0.15) is 5.75 Å². The summed E-state index contributed by atoms with van der Waals surface area (Å²) >= 11 is 6.21. The fourth-order valence-corrected chi connectivity index (χ4v) is 3.67. The molecule has 1 unspecified atom stereocenters. The number of benzene rings is 1. The lowest BCUT2D eigenvalue weighted by Crippen LogP contribution is -2.36. The summed E-state index contributed by atoms with van der Waals surface area (Å²) < 4.78 is 5.37. The Morgan fingerprint density at radius 2 is 2.05 bits per heavy atom. The highest BCUT2D eigenvalue weighted by atomic mass is 35.5. The number of ether oxygens (including phenoxy) is 1. The van der Waals surface area contributed by atoms with Crippen LogP contribution in [0.25, 0.3) is 0 Å². The number of likely N-dealkylation sites (tertiary alicyclic amines) is 1. The van der Waals surface area contributed by atoms with Crippen LogP contribution >= 0.6 is 11.6 Å². The fourth-order valence-electron chi connectivity index (χ4n) is 3.40. The molecule has 0 radical (unpaired) electrons. The molecule has 0 bridgehead atoms. The lowest BCUT2D eigenvalue weighted by molar-refractivity contribution is 0.0889. The van der Waals surface area contributed by atoms with Gasteiger partial charge in [-0.2, -0.15) is 0 Å². The van der Waals surface area contributed by atoms with E-state index >= 15 is 0 Å². The Labute approximate surface area is 124 Å². The molecule has 108 valence electrons. The summed E-state index contributed by atoms with van der Waals surface area (Å²) in [6.45, 7) is 3.09. The van der Waals surface area contributed by atoms with Crippen LogP contribution < -0.4 is 4.74 Å². The summed E-state index contributed by atoms with van der Waals surface area (Å²) in [6.07, 6.45) is 4.57. The van der Waals surface area contributed by atoms with E-state index in [9.17, 15) is 4.79 Å². The van der Waals surface area contributed by atoms with Crippen LogP contribution in [0, 0.1) is 5.92 Å². The van der Waals surface area contributed by atoms with Crippen molar-refractivity contribution in [3.05, 3.63) is 28.3 Å². The van der Waals surface area contributed by atoms with Crippen molar-refractivity contribution in [1.29, 1.82) is 0 Å². The molecule has 1 heterocycles. The third kappa shape index (κ3) is 2.45. The Hall–Kier alpha value is -1.06. The molecule has 1 fully saturated rings. The van der Waals surface area contributed by atoms with Gasteiger partial charge in [-0.05, 0) is 44.5 Å². The van der Waals surface area contributed by atoms with Gasteiger partial charge in [0.05, 0.1) is 12.1 Å². The van der Waals surface area contributed by atoms with Crippen molar-refractivity contribution in [2.24, 2.45) is 5.92 Å². The Morgan fingerprint density at radius 1 is 1.30 bits per heavy atom. The minimum absolute atomic E-state index is 0.0388. The Morgan fingerprint density at radius 3 is 2.75 bits per heavy atom. The number of halogens is 1. The van der Waals surface area contributed by atoms with Crippen LogP contribution in [-0.4, -0.2) is 37.4 Å². The number of Topliss-reactive ketones (excluding diaryl/α,β-unsaturated/α-hetero) is 1. The molecule has 1 aromatic rings. The lowest BCUT2D eigenvalue weighted by Gasteiger charge is -2.28. The van der Waals surface area contributed by atoms with Crippen molar-refractivity contribution in [2.45, 2.75) is 25.7 Å². The summed E-state index contributed by atoms with van der Waals surface area (Å²) in [6, 6.07) is 3.62. The van der Waals surface area contributed by atoms with Crippen molar-refractivity contribution in [2.75, 3.05) is 26.7 Å². The number of rotatable bonds is 3. The second kappa shape index (κ2) is 5.74. The molecule has 1 atom stereocenters. The van der Waals surface area contributed by atoms with E-state index in [4.69, 9.17) is 16.3 Å². The molecule has 20 heavy (non-hydrogen) atoms. The number of carbonyl (C=O) groups is 1. The summed E-state index contributed by atoms with van der Waals surface area (Å²) in [5.74, 6) is 1.02. The highest BCUT2D eigenvalue weighted by Crippen LogP contribution is 2.38. The second-order valence-corrected chi connectivity index (χ2v) is 6.14. The van der Waals surface area contributed by atoms with Gasteiger partial charge >= 0.3 is 0 Å². The average Bonchev–Trinajstić information content (AvgIpc) is 2.79. The molecule has 0 aromatic heterocycles. The van der Waals surface area contributed by atoms with Crippen LogP contribution in [0.4, 0.5) is 0 Å². The number of carbonyl (C=O) groups excluding carboxylic acids is 1. The van der Waals surface area contributed by atoms with E-state index in [-0.39, 0.29) is 11.7 Å². The molecule has 1 aliphatic carbocycles.